The van der Waals surface area contributed by atoms with Crippen LogP contribution in [0.25, 0.3) is 10.1 Å². The van der Waals surface area contributed by atoms with E-state index in [4.69, 9.17) is 23.2 Å². The summed E-state index contributed by atoms with van der Waals surface area (Å²) in [5.41, 5.74) is 1.09. The number of halogens is 2. The first kappa shape index (κ1) is 20.2. The van der Waals surface area contributed by atoms with E-state index in [0.29, 0.717) is 33.3 Å². The molecule has 1 unspecified atom stereocenters. The summed E-state index contributed by atoms with van der Waals surface area (Å²) in [6, 6.07) is 7.09. The maximum absolute atomic E-state index is 13.5. The molecule has 0 spiro atoms. The highest BCUT2D eigenvalue weighted by molar-refractivity contribution is 7.91. The van der Waals surface area contributed by atoms with Gasteiger partial charge in [-0.3, -0.25) is 4.79 Å². The summed E-state index contributed by atoms with van der Waals surface area (Å²) < 4.78 is 24.9. The molecule has 1 aliphatic rings. The summed E-state index contributed by atoms with van der Waals surface area (Å²) in [5, 5.41) is 3.49. The van der Waals surface area contributed by atoms with Crippen LogP contribution in [0.15, 0.2) is 29.6 Å². The van der Waals surface area contributed by atoms with Crippen LogP contribution in [0.5, 0.6) is 0 Å². The lowest BCUT2D eigenvalue weighted by Crippen LogP contribution is -2.40. The van der Waals surface area contributed by atoms with Crippen molar-refractivity contribution >= 4 is 71.7 Å². The Morgan fingerprint density at radius 2 is 2.07 bits per heavy atom. The van der Waals surface area contributed by atoms with Crippen LogP contribution in [0.2, 0.25) is 10.0 Å². The van der Waals surface area contributed by atoms with Gasteiger partial charge >= 0.3 is 0 Å². The molecule has 148 valence electrons. The van der Waals surface area contributed by atoms with Gasteiger partial charge in [0.05, 0.1) is 28.1 Å². The number of rotatable bonds is 4. The van der Waals surface area contributed by atoms with Gasteiger partial charge in [0, 0.05) is 21.0 Å². The van der Waals surface area contributed by atoms with Gasteiger partial charge in [0.1, 0.15) is 4.88 Å². The first-order chi connectivity index (χ1) is 13.3. The minimum Gasteiger partial charge on any atom is -0.329 e. The van der Waals surface area contributed by atoms with Crippen molar-refractivity contribution < 1.29 is 13.2 Å². The fourth-order valence-electron chi connectivity index (χ4n) is 3.45. The minimum atomic E-state index is -3.13. The summed E-state index contributed by atoms with van der Waals surface area (Å²) in [6.45, 7) is 2.37. The third kappa shape index (κ3) is 3.71. The van der Waals surface area contributed by atoms with Crippen LogP contribution in [0.4, 0.5) is 0 Å². The van der Waals surface area contributed by atoms with Gasteiger partial charge in [-0.05, 0) is 42.5 Å². The summed E-state index contributed by atoms with van der Waals surface area (Å²) >= 11 is 15.7. The number of carbonyl (C=O) groups is 1. The van der Waals surface area contributed by atoms with Gasteiger partial charge in [-0.25, -0.2) is 8.42 Å². The van der Waals surface area contributed by atoms with Gasteiger partial charge < -0.3 is 4.90 Å². The molecule has 0 saturated carbocycles. The molecule has 0 bridgehead atoms. The van der Waals surface area contributed by atoms with Gasteiger partial charge in [0.15, 0.2) is 9.84 Å². The zero-order chi connectivity index (χ0) is 20.1. The lowest BCUT2D eigenvalue weighted by molar-refractivity contribution is 0.0688. The normalized spacial score (nSPS) is 18.6. The van der Waals surface area contributed by atoms with Crippen molar-refractivity contribution in [1.29, 1.82) is 0 Å². The topological polar surface area (TPSA) is 54.5 Å². The van der Waals surface area contributed by atoms with Crippen LogP contribution >= 0.6 is 45.9 Å². The molecular formula is C19H17Cl2NO3S3. The highest BCUT2D eigenvalue weighted by Gasteiger charge is 2.36. The van der Waals surface area contributed by atoms with Crippen molar-refractivity contribution in [3.8, 4) is 0 Å². The molecule has 1 fully saturated rings. The summed E-state index contributed by atoms with van der Waals surface area (Å²) in [6.07, 6.45) is 0.446. The largest absolute Gasteiger partial charge is 0.329 e. The van der Waals surface area contributed by atoms with Crippen molar-refractivity contribution in [2.75, 3.05) is 11.5 Å². The van der Waals surface area contributed by atoms with E-state index in [1.54, 1.807) is 22.3 Å². The number of sulfone groups is 1. The Balaban J connectivity index is 1.76. The third-order valence-corrected chi connectivity index (χ3v) is 9.70. The third-order valence-electron chi connectivity index (χ3n) is 4.99. The fourth-order valence-corrected chi connectivity index (χ4v) is 7.99. The zero-order valence-electron chi connectivity index (χ0n) is 14.9. The Morgan fingerprint density at radius 3 is 2.68 bits per heavy atom. The zero-order valence-corrected chi connectivity index (χ0v) is 18.9. The maximum Gasteiger partial charge on any atom is 0.266 e. The highest BCUT2D eigenvalue weighted by Crippen LogP contribution is 2.40. The van der Waals surface area contributed by atoms with Crippen LogP contribution < -0.4 is 0 Å². The van der Waals surface area contributed by atoms with E-state index in [-0.39, 0.29) is 23.5 Å². The molecule has 0 aliphatic carbocycles. The molecule has 1 aromatic carbocycles. The van der Waals surface area contributed by atoms with Gasteiger partial charge in [0.25, 0.3) is 5.91 Å². The number of fused-ring (bicyclic) bond motifs is 1. The number of hydrogen-bond acceptors (Lipinski definition) is 5. The van der Waals surface area contributed by atoms with Crippen molar-refractivity contribution in [3.05, 3.63) is 55.0 Å². The minimum absolute atomic E-state index is 0.00751. The number of benzene rings is 1. The highest BCUT2D eigenvalue weighted by atomic mass is 35.5. The Bertz CT molecular complexity index is 1170. The van der Waals surface area contributed by atoms with E-state index in [1.165, 1.54) is 11.3 Å². The molecule has 4 rings (SSSR count). The van der Waals surface area contributed by atoms with Gasteiger partial charge in [-0.2, -0.15) is 0 Å². The standard InChI is InChI=1S/C19H17Cl2NO3S3/c1-11-5-7-26-15(11)9-22(12-6-8-28(24,25)10-12)19(23)18-17(21)16-13(20)3-2-4-14(16)27-18/h2-5,7,12H,6,8-10H2,1H3. The first-order valence-corrected chi connectivity index (χ1v) is 12.9. The SMILES string of the molecule is Cc1ccsc1CN(C(=O)c1sc2cccc(Cl)c2c1Cl)C1CCS(=O)(=O)C1. The quantitative estimate of drug-likeness (QED) is 0.508. The molecule has 3 heterocycles. The maximum atomic E-state index is 13.5. The van der Waals surface area contributed by atoms with E-state index in [2.05, 4.69) is 0 Å². The lowest BCUT2D eigenvalue weighted by atomic mass is 10.1. The lowest BCUT2D eigenvalue weighted by Gasteiger charge is -2.28. The number of aryl methyl sites for hydroxylation is 1. The molecule has 9 heteroatoms. The molecule has 1 saturated heterocycles. The second kappa shape index (κ2) is 7.61. The molecule has 1 atom stereocenters. The summed E-state index contributed by atoms with van der Waals surface area (Å²) in [5.74, 6) is -0.138. The molecule has 2 aromatic heterocycles. The smallest absolute Gasteiger partial charge is 0.266 e. The summed E-state index contributed by atoms with van der Waals surface area (Å²) in [4.78, 5) is 16.6. The van der Waals surface area contributed by atoms with Crippen LogP contribution in [0.3, 0.4) is 0 Å². The Labute approximate surface area is 181 Å². The molecule has 4 nitrogen and oxygen atoms in total. The van der Waals surface area contributed by atoms with E-state index in [0.717, 1.165) is 15.1 Å². The van der Waals surface area contributed by atoms with Gasteiger partial charge in [0.2, 0.25) is 0 Å². The number of carbonyl (C=O) groups excluding carboxylic acids is 1. The molecule has 28 heavy (non-hydrogen) atoms. The average molecular weight is 474 g/mol. The number of amides is 1. The summed E-state index contributed by atoms with van der Waals surface area (Å²) in [7, 11) is -3.13. The van der Waals surface area contributed by atoms with E-state index in [1.807, 2.05) is 30.5 Å². The van der Waals surface area contributed by atoms with Gasteiger partial charge in [-0.1, -0.05) is 29.3 Å². The Hall–Kier alpha value is -1.12. The molecular weight excluding hydrogens is 457 g/mol. The fraction of sp³-hybridized carbons (Fsp3) is 0.316. The van der Waals surface area contributed by atoms with E-state index >= 15 is 0 Å². The Kier molecular flexibility index (Phi) is 5.48. The van der Waals surface area contributed by atoms with E-state index in [9.17, 15) is 13.2 Å². The molecule has 3 aromatic rings. The van der Waals surface area contributed by atoms with Crippen molar-refractivity contribution in [2.45, 2.75) is 25.9 Å². The van der Waals surface area contributed by atoms with E-state index < -0.39 is 9.84 Å². The predicted molar refractivity (Wildman–Crippen MR) is 118 cm³/mol. The van der Waals surface area contributed by atoms with Crippen LogP contribution in [0, 0.1) is 6.92 Å². The number of thiophene rings is 2. The average Bonchev–Trinajstić information content (AvgIpc) is 3.30. The van der Waals surface area contributed by atoms with Crippen LogP contribution in [0.1, 0.15) is 26.5 Å². The van der Waals surface area contributed by atoms with Crippen molar-refractivity contribution in [2.24, 2.45) is 0 Å². The molecule has 0 N–H and O–H groups in total. The predicted octanol–water partition coefficient (Wildman–Crippen LogP) is 5.41. The molecule has 0 radical (unpaired) electrons. The second-order valence-corrected chi connectivity index (χ2v) is 11.9. The van der Waals surface area contributed by atoms with Crippen molar-refractivity contribution in [1.82, 2.24) is 4.90 Å². The number of hydrogen-bond donors (Lipinski definition) is 0. The van der Waals surface area contributed by atoms with Crippen LogP contribution in [-0.2, 0) is 16.4 Å². The van der Waals surface area contributed by atoms with Crippen LogP contribution in [-0.4, -0.2) is 36.8 Å². The van der Waals surface area contributed by atoms with Crippen molar-refractivity contribution in [3.63, 3.8) is 0 Å². The Morgan fingerprint density at radius 1 is 1.29 bits per heavy atom. The monoisotopic (exact) mass is 473 g/mol. The number of nitrogens with zero attached hydrogens (tertiary/aromatic N) is 1. The molecule has 1 amide bonds. The second-order valence-electron chi connectivity index (χ2n) is 6.87. The molecule has 1 aliphatic heterocycles. The first-order valence-electron chi connectivity index (χ1n) is 8.67. The van der Waals surface area contributed by atoms with Gasteiger partial charge in [-0.15, -0.1) is 22.7 Å².